The van der Waals surface area contributed by atoms with E-state index in [2.05, 4.69) is 0 Å². The van der Waals surface area contributed by atoms with Gasteiger partial charge in [-0.2, -0.15) is 0 Å². The summed E-state index contributed by atoms with van der Waals surface area (Å²) in [6.45, 7) is 5.68. The van der Waals surface area contributed by atoms with Gasteiger partial charge < -0.3 is 24.3 Å². The molecule has 0 radical (unpaired) electrons. The zero-order valence-corrected chi connectivity index (χ0v) is 18.4. The number of carbonyl (C=O) groups is 1. The summed E-state index contributed by atoms with van der Waals surface area (Å²) >= 11 is 0. The molecule has 0 bridgehead atoms. The van der Waals surface area contributed by atoms with Crippen LogP contribution in [0.3, 0.4) is 0 Å². The van der Waals surface area contributed by atoms with Crippen molar-refractivity contribution in [3.63, 3.8) is 0 Å². The van der Waals surface area contributed by atoms with Gasteiger partial charge in [-0.25, -0.2) is 4.79 Å². The van der Waals surface area contributed by atoms with Gasteiger partial charge >= 0.3 is 13.1 Å². The second kappa shape index (κ2) is 10.4. The standard InChI is InChI=1S/C25H27BO6/c1-25(2,3)32-24(27)20-14-21(30-16-18-10-6-4-7-11-18)23(26(28)29)22(15-20)31-17-19-12-8-5-9-13-19/h4-15,28-29H,16-17H2,1-3H3. The lowest BCUT2D eigenvalue weighted by molar-refractivity contribution is 0.00685. The number of hydrogen-bond donors (Lipinski definition) is 2. The largest absolute Gasteiger partial charge is 0.496 e. The Hall–Kier alpha value is -3.29. The van der Waals surface area contributed by atoms with E-state index in [1.165, 1.54) is 12.1 Å². The van der Waals surface area contributed by atoms with Crippen molar-refractivity contribution >= 4 is 18.6 Å². The first kappa shape index (κ1) is 23.4. The lowest BCUT2D eigenvalue weighted by Gasteiger charge is -2.21. The van der Waals surface area contributed by atoms with E-state index in [9.17, 15) is 14.8 Å². The topological polar surface area (TPSA) is 85.2 Å². The van der Waals surface area contributed by atoms with E-state index in [1.54, 1.807) is 20.8 Å². The van der Waals surface area contributed by atoms with Crippen LogP contribution in [-0.4, -0.2) is 28.7 Å². The average molecular weight is 434 g/mol. The molecule has 0 aromatic heterocycles. The van der Waals surface area contributed by atoms with E-state index in [-0.39, 0.29) is 35.7 Å². The highest BCUT2D eigenvalue weighted by molar-refractivity contribution is 6.61. The molecule has 0 heterocycles. The average Bonchev–Trinajstić information content (AvgIpc) is 2.76. The molecule has 0 fully saturated rings. The summed E-state index contributed by atoms with van der Waals surface area (Å²) in [5.41, 5.74) is 1.32. The number of carbonyl (C=O) groups excluding carboxylic acids is 1. The fourth-order valence-corrected chi connectivity index (χ4v) is 3.02. The van der Waals surface area contributed by atoms with Gasteiger partial charge in [0.2, 0.25) is 0 Å². The summed E-state index contributed by atoms with van der Waals surface area (Å²) in [7, 11) is -1.86. The molecular weight excluding hydrogens is 407 g/mol. The molecule has 0 spiro atoms. The maximum absolute atomic E-state index is 12.7. The minimum absolute atomic E-state index is 0.0455. The van der Waals surface area contributed by atoms with Crippen LogP contribution in [0.4, 0.5) is 0 Å². The second-order valence-electron chi connectivity index (χ2n) is 8.31. The van der Waals surface area contributed by atoms with Crippen LogP contribution in [-0.2, 0) is 18.0 Å². The van der Waals surface area contributed by atoms with Crippen LogP contribution < -0.4 is 14.9 Å². The first-order valence-corrected chi connectivity index (χ1v) is 10.3. The van der Waals surface area contributed by atoms with Gasteiger partial charge in [-0.05, 0) is 44.0 Å². The molecule has 3 aromatic carbocycles. The zero-order chi connectivity index (χ0) is 23.1. The van der Waals surface area contributed by atoms with E-state index < -0.39 is 18.7 Å². The summed E-state index contributed by atoms with van der Waals surface area (Å²) in [6, 6.07) is 21.8. The van der Waals surface area contributed by atoms with E-state index >= 15 is 0 Å². The molecule has 0 saturated carbocycles. The summed E-state index contributed by atoms with van der Waals surface area (Å²) in [6.07, 6.45) is 0. The minimum atomic E-state index is -1.86. The Morgan fingerprint density at radius 3 is 1.62 bits per heavy atom. The van der Waals surface area contributed by atoms with Crippen molar-refractivity contribution in [2.75, 3.05) is 0 Å². The predicted octanol–water partition coefficient (Wildman–Crippen LogP) is 3.48. The van der Waals surface area contributed by atoms with Crippen molar-refractivity contribution in [2.45, 2.75) is 39.6 Å². The number of rotatable bonds is 8. The highest BCUT2D eigenvalue weighted by Crippen LogP contribution is 2.25. The fourth-order valence-electron chi connectivity index (χ4n) is 3.02. The number of hydrogen-bond acceptors (Lipinski definition) is 6. The van der Waals surface area contributed by atoms with Gasteiger partial charge in [-0.15, -0.1) is 0 Å². The predicted molar refractivity (Wildman–Crippen MR) is 123 cm³/mol. The van der Waals surface area contributed by atoms with E-state index in [0.717, 1.165) is 11.1 Å². The van der Waals surface area contributed by atoms with Crippen molar-refractivity contribution in [2.24, 2.45) is 0 Å². The molecular formula is C25H27BO6. The number of ether oxygens (including phenoxy) is 3. The molecule has 0 atom stereocenters. The van der Waals surface area contributed by atoms with Crippen molar-refractivity contribution in [1.82, 2.24) is 0 Å². The maximum Gasteiger partial charge on any atom is 0.496 e. The van der Waals surface area contributed by atoms with Crippen molar-refractivity contribution in [3.05, 3.63) is 89.5 Å². The molecule has 3 aromatic rings. The van der Waals surface area contributed by atoms with Gasteiger partial charge in [0.05, 0.1) is 11.0 Å². The number of esters is 1. The molecule has 0 aliphatic heterocycles. The van der Waals surface area contributed by atoms with Gasteiger partial charge in [0.25, 0.3) is 0 Å². The molecule has 0 aliphatic rings. The summed E-state index contributed by atoms with van der Waals surface area (Å²) < 4.78 is 17.3. The minimum Gasteiger partial charge on any atom is -0.489 e. The van der Waals surface area contributed by atoms with Gasteiger partial charge in [-0.1, -0.05) is 60.7 Å². The summed E-state index contributed by atoms with van der Waals surface area (Å²) in [5.74, 6) is -0.295. The molecule has 0 unspecified atom stereocenters. The maximum atomic E-state index is 12.7. The first-order valence-electron chi connectivity index (χ1n) is 10.3. The van der Waals surface area contributed by atoms with Gasteiger partial charge in [0.15, 0.2) is 0 Å². The van der Waals surface area contributed by atoms with E-state index in [4.69, 9.17) is 14.2 Å². The lowest BCUT2D eigenvalue weighted by atomic mass is 9.78. The van der Waals surface area contributed by atoms with E-state index in [1.807, 2.05) is 60.7 Å². The van der Waals surface area contributed by atoms with Crippen LogP contribution in [0.25, 0.3) is 0 Å². The molecule has 0 saturated heterocycles. The summed E-state index contributed by atoms with van der Waals surface area (Å²) in [5, 5.41) is 20.2. The van der Waals surface area contributed by atoms with Gasteiger partial charge in [0.1, 0.15) is 30.3 Å². The molecule has 32 heavy (non-hydrogen) atoms. The Kier molecular flexibility index (Phi) is 7.56. The molecule has 6 nitrogen and oxygen atoms in total. The van der Waals surface area contributed by atoms with Crippen LogP contribution in [0, 0.1) is 0 Å². The van der Waals surface area contributed by atoms with Crippen molar-refractivity contribution in [1.29, 1.82) is 0 Å². The lowest BCUT2D eigenvalue weighted by Crippen LogP contribution is -2.34. The van der Waals surface area contributed by atoms with Crippen LogP contribution in [0.15, 0.2) is 72.8 Å². The third kappa shape index (κ3) is 6.61. The van der Waals surface area contributed by atoms with Gasteiger partial charge in [0, 0.05) is 0 Å². The molecule has 7 heteroatoms. The van der Waals surface area contributed by atoms with Crippen molar-refractivity contribution in [3.8, 4) is 11.5 Å². The third-order valence-corrected chi connectivity index (χ3v) is 4.47. The fraction of sp³-hybridized carbons (Fsp3) is 0.240. The van der Waals surface area contributed by atoms with Crippen LogP contribution in [0.2, 0.25) is 0 Å². The highest BCUT2D eigenvalue weighted by Gasteiger charge is 2.27. The smallest absolute Gasteiger partial charge is 0.489 e. The van der Waals surface area contributed by atoms with Crippen LogP contribution in [0.5, 0.6) is 11.5 Å². The number of benzene rings is 3. The van der Waals surface area contributed by atoms with Crippen LogP contribution >= 0.6 is 0 Å². The Bertz CT molecular complexity index is 965. The third-order valence-electron chi connectivity index (χ3n) is 4.47. The SMILES string of the molecule is CC(C)(C)OC(=O)c1cc(OCc2ccccc2)c(B(O)O)c(OCc2ccccc2)c1. The molecule has 166 valence electrons. The van der Waals surface area contributed by atoms with E-state index in [0.29, 0.717) is 0 Å². The highest BCUT2D eigenvalue weighted by atomic mass is 16.6. The molecule has 0 aliphatic carbocycles. The molecule has 2 N–H and O–H groups in total. The Labute approximate surface area is 188 Å². The Balaban J connectivity index is 1.97. The first-order chi connectivity index (χ1) is 15.2. The van der Waals surface area contributed by atoms with Gasteiger partial charge in [-0.3, -0.25) is 0 Å². The zero-order valence-electron chi connectivity index (χ0n) is 18.4. The quantitative estimate of drug-likeness (QED) is 0.417. The Morgan fingerprint density at radius 2 is 1.25 bits per heavy atom. The van der Waals surface area contributed by atoms with Crippen LogP contribution in [0.1, 0.15) is 42.3 Å². The molecule has 3 rings (SSSR count). The summed E-state index contributed by atoms with van der Waals surface area (Å²) in [4.78, 5) is 12.7. The molecule has 0 amide bonds. The normalized spacial score (nSPS) is 11.0. The monoisotopic (exact) mass is 434 g/mol. The second-order valence-corrected chi connectivity index (χ2v) is 8.31. The van der Waals surface area contributed by atoms with Crippen molar-refractivity contribution < 1.29 is 29.1 Å². The Morgan fingerprint density at radius 1 is 0.812 bits per heavy atom.